The largest absolute Gasteiger partial charge is 0.380 e. The lowest BCUT2D eigenvalue weighted by Crippen LogP contribution is -2.05. The number of rotatable bonds is 2. The summed E-state index contributed by atoms with van der Waals surface area (Å²) >= 11 is 3.20. The summed E-state index contributed by atoms with van der Waals surface area (Å²) in [4.78, 5) is 14.9. The number of nitrogens with one attached hydrogen (secondary N) is 1. The van der Waals surface area contributed by atoms with Gasteiger partial charge in [-0.05, 0) is 22.0 Å². The van der Waals surface area contributed by atoms with Crippen molar-refractivity contribution >= 4 is 26.8 Å². The first-order chi connectivity index (χ1) is 7.24. The van der Waals surface area contributed by atoms with E-state index >= 15 is 0 Å². The molecule has 1 N–H and O–H groups in total. The molecule has 0 bridgehead atoms. The fourth-order valence-electron chi connectivity index (χ4n) is 1.57. The Morgan fingerprint density at radius 3 is 3.00 bits per heavy atom. The Hall–Kier alpha value is -1.13. The molecule has 0 amide bonds. The van der Waals surface area contributed by atoms with Gasteiger partial charge in [-0.15, -0.1) is 0 Å². The summed E-state index contributed by atoms with van der Waals surface area (Å²) in [7, 11) is 1.63. The van der Waals surface area contributed by atoms with Crippen molar-refractivity contribution in [1.82, 2.24) is 4.98 Å². The van der Waals surface area contributed by atoms with E-state index in [0.29, 0.717) is 16.5 Å². The highest BCUT2D eigenvalue weighted by Crippen LogP contribution is 2.16. The van der Waals surface area contributed by atoms with Crippen molar-refractivity contribution in [3.8, 4) is 0 Å². The minimum absolute atomic E-state index is 0.00158. The lowest BCUT2D eigenvalue weighted by molar-refractivity contribution is 0.186. The molecule has 2 rings (SSSR count). The van der Waals surface area contributed by atoms with Crippen molar-refractivity contribution in [2.45, 2.75) is 6.61 Å². The van der Waals surface area contributed by atoms with Crippen molar-refractivity contribution in [2.75, 3.05) is 7.11 Å². The summed E-state index contributed by atoms with van der Waals surface area (Å²) in [5.41, 5.74) is 1.83. The van der Waals surface area contributed by atoms with Crippen LogP contribution in [-0.2, 0) is 11.3 Å². The molecule has 1 heterocycles. The van der Waals surface area contributed by atoms with Gasteiger partial charge < -0.3 is 9.72 Å². The van der Waals surface area contributed by atoms with Crippen LogP contribution in [0.15, 0.2) is 33.7 Å². The highest BCUT2D eigenvalue weighted by atomic mass is 79.9. The van der Waals surface area contributed by atoms with Crippen LogP contribution >= 0.6 is 15.9 Å². The molecule has 0 aliphatic heterocycles. The van der Waals surface area contributed by atoms with Crippen LogP contribution in [-0.4, -0.2) is 12.1 Å². The molecule has 0 fully saturated rings. The van der Waals surface area contributed by atoms with Crippen molar-refractivity contribution in [3.05, 3.63) is 44.7 Å². The van der Waals surface area contributed by atoms with Crippen LogP contribution in [0.1, 0.15) is 5.56 Å². The number of aromatic amines is 1. The number of fused-ring (bicyclic) bond motifs is 1. The number of methoxy groups -OCH3 is 1. The Kier molecular flexibility index (Phi) is 2.88. The number of aromatic nitrogens is 1. The topological polar surface area (TPSA) is 42.1 Å². The second-order valence-electron chi connectivity index (χ2n) is 3.24. The second-order valence-corrected chi connectivity index (χ2v) is 4.09. The zero-order chi connectivity index (χ0) is 10.8. The smallest absolute Gasteiger partial charge is 0.203 e. The van der Waals surface area contributed by atoms with Crippen LogP contribution in [0.5, 0.6) is 0 Å². The molecule has 0 aliphatic rings. The van der Waals surface area contributed by atoms with Crippen LogP contribution in [0.2, 0.25) is 0 Å². The van der Waals surface area contributed by atoms with Crippen LogP contribution in [0, 0.1) is 0 Å². The van der Waals surface area contributed by atoms with E-state index in [9.17, 15) is 4.79 Å². The summed E-state index contributed by atoms with van der Waals surface area (Å²) in [6, 6.07) is 5.60. The van der Waals surface area contributed by atoms with Gasteiger partial charge in [0.05, 0.1) is 16.6 Å². The zero-order valence-corrected chi connectivity index (χ0v) is 9.80. The lowest BCUT2D eigenvalue weighted by atomic mass is 10.1. The molecule has 78 valence electrons. The third-order valence-electron chi connectivity index (χ3n) is 2.26. The first-order valence-electron chi connectivity index (χ1n) is 4.51. The summed E-state index contributed by atoms with van der Waals surface area (Å²) in [5.74, 6) is 0. The van der Waals surface area contributed by atoms with Gasteiger partial charge in [-0.1, -0.05) is 12.1 Å². The van der Waals surface area contributed by atoms with Gasteiger partial charge in [-0.25, -0.2) is 0 Å². The molecule has 0 unspecified atom stereocenters. The normalized spacial score (nSPS) is 10.8. The molecule has 4 heteroatoms. The summed E-state index contributed by atoms with van der Waals surface area (Å²) in [6.07, 6.45) is 1.66. The van der Waals surface area contributed by atoms with Gasteiger partial charge in [0.1, 0.15) is 0 Å². The molecule has 0 radical (unpaired) electrons. The molecule has 0 saturated carbocycles. The van der Waals surface area contributed by atoms with Gasteiger partial charge in [-0.2, -0.15) is 0 Å². The first kappa shape index (κ1) is 10.4. The number of ether oxygens (including phenoxy) is 1. The number of H-pyrrole nitrogens is 1. The monoisotopic (exact) mass is 267 g/mol. The Labute approximate surface area is 95.2 Å². The third kappa shape index (κ3) is 1.82. The third-order valence-corrected chi connectivity index (χ3v) is 2.84. The van der Waals surface area contributed by atoms with Gasteiger partial charge in [0.2, 0.25) is 5.43 Å². The second kappa shape index (κ2) is 4.16. The highest BCUT2D eigenvalue weighted by Gasteiger charge is 2.05. The van der Waals surface area contributed by atoms with E-state index in [2.05, 4.69) is 20.9 Å². The van der Waals surface area contributed by atoms with Crippen molar-refractivity contribution in [2.24, 2.45) is 0 Å². The maximum Gasteiger partial charge on any atom is 0.203 e. The van der Waals surface area contributed by atoms with Crippen LogP contribution < -0.4 is 5.43 Å². The molecule has 1 aromatic carbocycles. The fourth-order valence-corrected chi connectivity index (χ4v) is 1.89. The van der Waals surface area contributed by atoms with E-state index in [1.165, 1.54) is 0 Å². The Bertz CT molecular complexity index is 548. The number of benzene rings is 1. The quantitative estimate of drug-likeness (QED) is 0.908. The van der Waals surface area contributed by atoms with E-state index in [1.54, 1.807) is 19.4 Å². The van der Waals surface area contributed by atoms with Gasteiger partial charge in [0, 0.05) is 24.3 Å². The molecule has 15 heavy (non-hydrogen) atoms. The Morgan fingerprint density at radius 1 is 1.47 bits per heavy atom. The molecule has 0 saturated heterocycles. The molecule has 0 spiro atoms. The highest BCUT2D eigenvalue weighted by molar-refractivity contribution is 9.10. The molecule has 1 aromatic heterocycles. The van der Waals surface area contributed by atoms with E-state index < -0.39 is 0 Å². The maximum absolute atomic E-state index is 11.8. The molecule has 0 atom stereocenters. The number of pyridine rings is 1. The van der Waals surface area contributed by atoms with Gasteiger partial charge in [0.15, 0.2) is 0 Å². The molecule has 0 aliphatic carbocycles. The average Bonchev–Trinajstić information content (AvgIpc) is 2.25. The molecule has 3 nitrogen and oxygen atoms in total. The van der Waals surface area contributed by atoms with Gasteiger partial charge in [-0.3, -0.25) is 4.79 Å². The number of para-hydroxylation sites is 1. The number of halogens is 1. The lowest BCUT2D eigenvalue weighted by Gasteiger charge is -2.05. The minimum Gasteiger partial charge on any atom is -0.380 e. The number of hydrogen-bond acceptors (Lipinski definition) is 2. The summed E-state index contributed by atoms with van der Waals surface area (Å²) in [6.45, 7) is 0.495. The van der Waals surface area contributed by atoms with E-state index in [0.717, 1.165) is 11.1 Å². The maximum atomic E-state index is 11.8. The Morgan fingerprint density at radius 2 is 2.27 bits per heavy atom. The zero-order valence-electron chi connectivity index (χ0n) is 8.21. The van der Waals surface area contributed by atoms with Crippen molar-refractivity contribution in [1.29, 1.82) is 0 Å². The van der Waals surface area contributed by atoms with Gasteiger partial charge in [0.25, 0.3) is 0 Å². The van der Waals surface area contributed by atoms with Crippen LogP contribution in [0.3, 0.4) is 0 Å². The summed E-state index contributed by atoms with van der Waals surface area (Å²) < 4.78 is 5.62. The van der Waals surface area contributed by atoms with E-state index in [1.807, 2.05) is 12.1 Å². The molecule has 2 aromatic rings. The molecular formula is C11H10BrNO2. The fraction of sp³-hybridized carbons (Fsp3) is 0.182. The van der Waals surface area contributed by atoms with Crippen molar-refractivity contribution in [3.63, 3.8) is 0 Å². The predicted octanol–water partition coefficient (Wildman–Crippen LogP) is 2.44. The number of hydrogen-bond donors (Lipinski definition) is 1. The standard InChI is InChI=1S/C11H10BrNO2/c1-15-6-7-3-2-4-8-10(7)13-5-9(12)11(8)14/h2-5H,6H2,1H3,(H,13,14). The van der Waals surface area contributed by atoms with Crippen LogP contribution in [0.25, 0.3) is 10.9 Å². The summed E-state index contributed by atoms with van der Waals surface area (Å²) in [5, 5.41) is 0.680. The average molecular weight is 268 g/mol. The van der Waals surface area contributed by atoms with Gasteiger partial charge >= 0.3 is 0 Å². The Balaban J connectivity index is 2.77. The first-order valence-corrected chi connectivity index (χ1v) is 5.31. The SMILES string of the molecule is COCc1cccc2c(=O)c(Br)c[nH]c12. The minimum atomic E-state index is 0.00158. The van der Waals surface area contributed by atoms with E-state index in [4.69, 9.17) is 4.74 Å². The molecular weight excluding hydrogens is 258 g/mol. The van der Waals surface area contributed by atoms with E-state index in [-0.39, 0.29) is 5.43 Å². The van der Waals surface area contributed by atoms with Crippen LogP contribution in [0.4, 0.5) is 0 Å². The van der Waals surface area contributed by atoms with Crippen molar-refractivity contribution < 1.29 is 4.74 Å². The predicted molar refractivity (Wildman–Crippen MR) is 63.0 cm³/mol.